The van der Waals surface area contributed by atoms with Gasteiger partial charge in [-0.2, -0.15) is 0 Å². The standard InChI is InChI=1S/C9H10BrFO3S/c1-15(13,14)9(10)8(12)6-2-4-7(11)5-3-6/h2-5,8-9,12H,1H3/t8-,9-/m1/s1. The lowest BCUT2D eigenvalue weighted by Crippen LogP contribution is -2.21. The van der Waals surface area contributed by atoms with Crippen molar-refractivity contribution in [3.8, 4) is 0 Å². The molecule has 0 amide bonds. The van der Waals surface area contributed by atoms with Gasteiger partial charge in [-0.15, -0.1) is 0 Å². The van der Waals surface area contributed by atoms with Gasteiger partial charge in [0.15, 0.2) is 9.84 Å². The summed E-state index contributed by atoms with van der Waals surface area (Å²) in [6.45, 7) is 0. The van der Waals surface area contributed by atoms with Crippen molar-refractivity contribution in [2.45, 2.75) is 10.3 Å². The third-order valence-electron chi connectivity index (χ3n) is 1.87. The van der Waals surface area contributed by atoms with E-state index in [4.69, 9.17) is 0 Å². The summed E-state index contributed by atoms with van der Waals surface area (Å²) in [5.41, 5.74) is 0.351. The highest BCUT2D eigenvalue weighted by molar-refractivity contribution is 9.11. The largest absolute Gasteiger partial charge is 0.386 e. The molecule has 1 rings (SSSR count). The van der Waals surface area contributed by atoms with Gasteiger partial charge in [-0.25, -0.2) is 12.8 Å². The van der Waals surface area contributed by atoms with E-state index in [0.717, 1.165) is 6.26 Å². The maximum atomic E-state index is 12.6. The monoisotopic (exact) mass is 296 g/mol. The first kappa shape index (κ1) is 12.6. The Kier molecular flexibility index (Phi) is 3.86. The Bertz CT molecular complexity index is 429. The minimum atomic E-state index is -3.39. The Morgan fingerprint density at radius 2 is 1.80 bits per heavy atom. The molecule has 0 aromatic heterocycles. The van der Waals surface area contributed by atoms with Crippen LogP contribution in [0.3, 0.4) is 0 Å². The lowest BCUT2D eigenvalue weighted by Gasteiger charge is -2.15. The molecule has 0 aliphatic heterocycles. The first-order valence-electron chi connectivity index (χ1n) is 4.09. The summed E-state index contributed by atoms with van der Waals surface area (Å²) in [5.74, 6) is -0.434. The molecule has 0 aliphatic rings. The molecule has 0 spiro atoms. The van der Waals surface area contributed by atoms with Crippen LogP contribution in [0.5, 0.6) is 0 Å². The summed E-state index contributed by atoms with van der Waals surface area (Å²) in [5, 5.41) is 9.67. The zero-order chi connectivity index (χ0) is 11.6. The fourth-order valence-corrected chi connectivity index (χ4v) is 1.98. The number of aliphatic hydroxyl groups excluding tert-OH is 1. The predicted molar refractivity (Wildman–Crippen MR) is 58.9 cm³/mol. The van der Waals surface area contributed by atoms with Crippen LogP contribution in [0.1, 0.15) is 11.7 Å². The number of rotatable bonds is 3. The molecule has 0 fully saturated rings. The first-order chi connectivity index (χ1) is 6.82. The fourth-order valence-electron chi connectivity index (χ4n) is 1.05. The van der Waals surface area contributed by atoms with E-state index in [2.05, 4.69) is 15.9 Å². The van der Waals surface area contributed by atoms with Crippen LogP contribution in [-0.2, 0) is 9.84 Å². The second-order valence-electron chi connectivity index (χ2n) is 3.18. The fraction of sp³-hybridized carbons (Fsp3) is 0.333. The number of hydrogen-bond donors (Lipinski definition) is 1. The first-order valence-corrected chi connectivity index (χ1v) is 6.96. The van der Waals surface area contributed by atoms with Crippen molar-refractivity contribution >= 4 is 25.8 Å². The van der Waals surface area contributed by atoms with Crippen molar-refractivity contribution in [1.29, 1.82) is 0 Å². The number of benzene rings is 1. The number of hydrogen-bond acceptors (Lipinski definition) is 3. The van der Waals surface area contributed by atoms with Crippen LogP contribution in [0.2, 0.25) is 0 Å². The van der Waals surface area contributed by atoms with Gasteiger partial charge in [0.2, 0.25) is 0 Å². The van der Waals surface area contributed by atoms with E-state index >= 15 is 0 Å². The molecule has 1 aromatic rings. The maximum absolute atomic E-state index is 12.6. The van der Waals surface area contributed by atoms with E-state index in [1.807, 2.05) is 0 Å². The summed E-state index contributed by atoms with van der Waals surface area (Å²) in [6, 6.07) is 5.03. The van der Waals surface area contributed by atoms with Gasteiger partial charge in [-0.05, 0) is 17.7 Å². The minimum Gasteiger partial charge on any atom is -0.386 e. The van der Waals surface area contributed by atoms with Crippen molar-refractivity contribution < 1.29 is 17.9 Å². The van der Waals surface area contributed by atoms with E-state index in [0.29, 0.717) is 5.56 Å². The van der Waals surface area contributed by atoms with Crippen LogP contribution in [0.4, 0.5) is 4.39 Å². The van der Waals surface area contributed by atoms with E-state index < -0.39 is 25.9 Å². The number of aliphatic hydroxyl groups is 1. The van der Waals surface area contributed by atoms with E-state index in [-0.39, 0.29) is 0 Å². The molecule has 1 N–H and O–H groups in total. The molecular formula is C9H10BrFO3S. The summed E-state index contributed by atoms with van der Waals surface area (Å²) < 4.78 is 33.7. The van der Waals surface area contributed by atoms with Crippen LogP contribution in [0.15, 0.2) is 24.3 Å². The van der Waals surface area contributed by atoms with Gasteiger partial charge in [-0.3, -0.25) is 0 Å². The highest BCUT2D eigenvalue weighted by Crippen LogP contribution is 2.26. The molecule has 0 bridgehead atoms. The van der Waals surface area contributed by atoms with E-state index in [1.165, 1.54) is 24.3 Å². The van der Waals surface area contributed by atoms with Gasteiger partial charge < -0.3 is 5.11 Å². The molecule has 6 heteroatoms. The number of sulfone groups is 1. The zero-order valence-electron chi connectivity index (χ0n) is 7.89. The number of halogens is 2. The SMILES string of the molecule is CS(=O)(=O)[C@@H](Br)[C@H](O)c1ccc(F)cc1. The van der Waals surface area contributed by atoms with Gasteiger partial charge in [-0.1, -0.05) is 28.1 Å². The van der Waals surface area contributed by atoms with Gasteiger partial charge in [0.1, 0.15) is 16.1 Å². The molecule has 0 saturated heterocycles. The summed E-state index contributed by atoms with van der Waals surface area (Å²) >= 11 is 2.89. The molecule has 15 heavy (non-hydrogen) atoms. The Morgan fingerprint density at radius 3 is 2.20 bits per heavy atom. The molecule has 2 atom stereocenters. The third-order valence-corrected chi connectivity index (χ3v) is 5.48. The molecule has 84 valence electrons. The maximum Gasteiger partial charge on any atom is 0.163 e. The Morgan fingerprint density at radius 1 is 1.33 bits per heavy atom. The van der Waals surface area contributed by atoms with Crippen LogP contribution in [0.25, 0.3) is 0 Å². The summed E-state index contributed by atoms with van der Waals surface area (Å²) in [6.07, 6.45) is -0.195. The molecule has 0 saturated carbocycles. The Balaban J connectivity index is 2.95. The van der Waals surface area contributed by atoms with Gasteiger partial charge in [0.25, 0.3) is 0 Å². The van der Waals surface area contributed by atoms with Crippen LogP contribution in [0, 0.1) is 5.82 Å². The second kappa shape index (κ2) is 4.59. The summed E-state index contributed by atoms with van der Waals surface area (Å²) in [7, 11) is -3.39. The summed E-state index contributed by atoms with van der Waals surface area (Å²) in [4.78, 5) is 0. The quantitative estimate of drug-likeness (QED) is 0.863. The molecule has 0 aliphatic carbocycles. The highest BCUT2D eigenvalue weighted by atomic mass is 79.9. The molecular weight excluding hydrogens is 287 g/mol. The Labute approximate surface area is 96.0 Å². The van der Waals surface area contributed by atoms with Crippen molar-refractivity contribution in [2.75, 3.05) is 6.26 Å². The van der Waals surface area contributed by atoms with Crippen molar-refractivity contribution in [3.05, 3.63) is 35.6 Å². The predicted octanol–water partition coefficient (Wildman–Crippen LogP) is 1.62. The van der Waals surface area contributed by atoms with Gasteiger partial charge >= 0.3 is 0 Å². The van der Waals surface area contributed by atoms with E-state index in [1.54, 1.807) is 0 Å². The molecule has 0 unspecified atom stereocenters. The second-order valence-corrected chi connectivity index (χ2v) is 6.94. The van der Waals surface area contributed by atoms with Crippen LogP contribution < -0.4 is 0 Å². The van der Waals surface area contributed by atoms with Crippen LogP contribution >= 0.6 is 15.9 Å². The molecule has 0 radical (unpaired) electrons. The average Bonchev–Trinajstić information content (AvgIpc) is 2.15. The normalized spacial score (nSPS) is 16.0. The number of alkyl halides is 1. The van der Waals surface area contributed by atoms with E-state index in [9.17, 15) is 17.9 Å². The minimum absolute atomic E-state index is 0.351. The lowest BCUT2D eigenvalue weighted by atomic mass is 10.1. The Hall–Kier alpha value is -0.460. The zero-order valence-corrected chi connectivity index (χ0v) is 10.3. The van der Waals surface area contributed by atoms with Crippen molar-refractivity contribution in [2.24, 2.45) is 0 Å². The van der Waals surface area contributed by atoms with Crippen LogP contribution in [-0.4, -0.2) is 23.9 Å². The average molecular weight is 297 g/mol. The van der Waals surface area contributed by atoms with Gasteiger partial charge in [0.05, 0.1) is 0 Å². The lowest BCUT2D eigenvalue weighted by molar-refractivity contribution is 0.195. The van der Waals surface area contributed by atoms with Crippen molar-refractivity contribution in [1.82, 2.24) is 0 Å². The highest BCUT2D eigenvalue weighted by Gasteiger charge is 2.27. The topological polar surface area (TPSA) is 54.4 Å². The molecule has 3 nitrogen and oxygen atoms in total. The van der Waals surface area contributed by atoms with Gasteiger partial charge in [0, 0.05) is 6.26 Å². The molecule has 0 heterocycles. The molecule has 1 aromatic carbocycles. The third kappa shape index (κ3) is 3.25. The smallest absolute Gasteiger partial charge is 0.163 e. The van der Waals surface area contributed by atoms with Crippen molar-refractivity contribution in [3.63, 3.8) is 0 Å².